The standard InChI is InChI=1S/C18H19N3O4S/c1-4-5-6-7-12(2)20-14-8-9-15-13(10-14)11-16(26(23,24)25)17(18(15)22)21-19-3/h4-11,20,22H,2H2,1,3H3,(H,23,24,25)/b5-4-,7-6-,21-19?. The van der Waals surface area contributed by atoms with Crippen molar-refractivity contribution in [1.29, 1.82) is 0 Å². The van der Waals surface area contributed by atoms with E-state index in [1.54, 1.807) is 24.3 Å². The largest absolute Gasteiger partial charge is 0.505 e. The lowest BCUT2D eigenvalue weighted by Gasteiger charge is -2.11. The molecule has 3 N–H and O–H groups in total. The molecular weight excluding hydrogens is 354 g/mol. The number of aromatic hydroxyl groups is 1. The summed E-state index contributed by atoms with van der Waals surface area (Å²) < 4.78 is 32.7. The molecule has 0 aromatic heterocycles. The second-order valence-corrected chi connectivity index (χ2v) is 6.71. The maximum atomic E-state index is 11.6. The zero-order valence-electron chi connectivity index (χ0n) is 14.3. The smallest absolute Gasteiger partial charge is 0.296 e. The van der Waals surface area contributed by atoms with Crippen molar-refractivity contribution in [1.82, 2.24) is 0 Å². The Morgan fingerprint density at radius 3 is 2.62 bits per heavy atom. The molecule has 7 nitrogen and oxygen atoms in total. The molecule has 0 spiro atoms. The van der Waals surface area contributed by atoms with Gasteiger partial charge in [0.15, 0.2) is 5.75 Å². The summed E-state index contributed by atoms with van der Waals surface area (Å²) in [6.45, 7) is 5.77. The highest BCUT2D eigenvalue weighted by molar-refractivity contribution is 7.86. The predicted octanol–water partition coefficient (Wildman–Crippen LogP) is 4.56. The van der Waals surface area contributed by atoms with E-state index in [0.717, 1.165) is 0 Å². The molecule has 0 aliphatic heterocycles. The molecule has 0 amide bonds. The summed E-state index contributed by atoms with van der Waals surface area (Å²) in [5, 5.41) is 21.3. The topological polar surface area (TPSA) is 111 Å². The van der Waals surface area contributed by atoms with Gasteiger partial charge in [-0.2, -0.15) is 18.6 Å². The van der Waals surface area contributed by atoms with Crippen LogP contribution in [0.15, 0.2) is 76.0 Å². The van der Waals surface area contributed by atoms with Gasteiger partial charge in [0.25, 0.3) is 10.1 Å². The van der Waals surface area contributed by atoms with E-state index in [0.29, 0.717) is 22.2 Å². The van der Waals surface area contributed by atoms with E-state index in [1.165, 1.54) is 13.1 Å². The minimum atomic E-state index is -4.59. The molecule has 0 heterocycles. The number of phenols is 1. The number of fused-ring (bicyclic) bond motifs is 1. The molecule has 0 atom stereocenters. The van der Waals surface area contributed by atoms with Gasteiger partial charge in [-0.1, -0.05) is 24.8 Å². The Bertz CT molecular complexity index is 1040. The summed E-state index contributed by atoms with van der Waals surface area (Å²) in [5.74, 6) is -0.376. The van der Waals surface area contributed by atoms with Gasteiger partial charge in [-0.3, -0.25) is 4.55 Å². The van der Waals surface area contributed by atoms with Crippen LogP contribution in [0, 0.1) is 0 Å². The van der Waals surface area contributed by atoms with E-state index in [9.17, 15) is 18.1 Å². The number of anilines is 1. The fourth-order valence-electron chi connectivity index (χ4n) is 2.33. The second-order valence-electron chi connectivity index (χ2n) is 5.32. The van der Waals surface area contributed by atoms with Crippen molar-refractivity contribution in [2.24, 2.45) is 10.2 Å². The Hall–Kier alpha value is -2.97. The Kier molecular flexibility index (Phi) is 5.91. The summed E-state index contributed by atoms with van der Waals surface area (Å²) in [6.07, 6.45) is 7.33. The zero-order valence-corrected chi connectivity index (χ0v) is 15.2. The summed E-state index contributed by atoms with van der Waals surface area (Å²) in [5.41, 5.74) is 0.957. The van der Waals surface area contributed by atoms with Crippen molar-refractivity contribution in [2.75, 3.05) is 12.4 Å². The molecule has 26 heavy (non-hydrogen) atoms. The third-order valence-electron chi connectivity index (χ3n) is 3.43. The number of benzene rings is 2. The van der Waals surface area contributed by atoms with E-state index in [2.05, 4.69) is 22.1 Å². The molecule has 0 saturated carbocycles. The highest BCUT2D eigenvalue weighted by atomic mass is 32.2. The first-order chi connectivity index (χ1) is 12.3. The molecule has 0 radical (unpaired) electrons. The van der Waals surface area contributed by atoms with Gasteiger partial charge in [-0.15, -0.1) is 0 Å². The van der Waals surface area contributed by atoms with E-state index in [1.807, 2.05) is 25.2 Å². The number of nitrogens with one attached hydrogen (secondary N) is 1. The summed E-state index contributed by atoms with van der Waals surface area (Å²) in [7, 11) is -3.26. The van der Waals surface area contributed by atoms with Crippen LogP contribution in [-0.2, 0) is 10.1 Å². The van der Waals surface area contributed by atoms with Crippen molar-refractivity contribution in [3.8, 4) is 5.75 Å². The monoisotopic (exact) mass is 373 g/mol. The van der Waals surface area contributed by atoms with Crippen LogP contribution in [0.1, 0.15) is 6.92 Å². The summed E-state index contributed by atoms with van der Waals surface area (Å²) in [4.78, 5) is -0.517. The molecule has 0 aliphatic rings. The van der Waals surface area contributed by atoms with Gasteiger partial charge in [0.05, 0.1) is 0 Å². The van der Waals surface area contributed by atoms with Crippen LogP contribution >= 0.6 is 0 Å². The zero-order chi connectivity index (χ0) is 19.3. The molecule has 2 aromatic rings. The molecule has 0 saturated heterocycles. The van der Waals surface area contributed by atoms with Gasteiger partial charge < -0.3 is 10.4 Å². The van der Waals surface area contributed by atoms with Crippen molar-refractivity contribution in [2.45, 2.75) is 11.8 Å². The Labute approximate surface area is 151 Å². The van der Waals surface area contributed by atoms with Crippen LogP contribution in [0.25, 0.3) is 10.8 Å². The van der Waals surface area contributed by atoms with Crippen molar-refractivity contribution in [3.63, 3.8) is 0 Å². The van der Waals surface area contributed by atoms with Crippen LogP contribution in [0.3, 0.4) is 0 Å². The van der Waals surface area contributed by atoms with Gasteiger partial charge in [0.2, 0.25) is 0 Å². The molecule has 0 unspecified atom stereocenters. The second kappa shape index (κ2) is 7.94. The minimum Gasteiger partial charge on any atom is -0.505 e. The van der Waals surface area contributed by atoms with Crippen molar-refractivity contribution in [3.05, 3.63) is 60.8 Å². The SMILES string of the molecule is C=C(/C=C\C=C/C)Nc1ccc2c(O)c(N=NC)c(S(=O)(=O)O)cc2c1. The minimum absolute atomic E-state index is 0.304. The Morgan fingerprint density at radius 2 is 2.00 bits per heavy atom. The first-order valence-electron chi connectivity index (χ1n) is 7.60. The average molecular weight is 373 g/mol. The number of hydrogen-bond donors (Lipinski definition) is 3. The normalized spacial score (nSPS) is 12.6. The quantitative estimate of drug-likeness (QED) is 0.390. The van der Waals surface area contributed by atoms with Crippen LogP contribution < -0.4 is 5.32 Å². The van der Waals surface area contributed by atoms with Gasteiger partial charge in [-0.25, -0.2) is 0 Å². The van der Waals surface area contributed by atoms with Crippen LogP contribution in [0.5, 0.6) is 5.75 Å². The number of rotatable bonds is 6. The van der Waals surface area contributed by atoms with E-state index < -0.39 is 15.0 Å². The van der Waals surface area contributed by atoms with E-state index >= 15 is 0 Å². The Morgan fingerprint density at radius 1 is 1.27 bits per heavy atom. The fourth-order valence-corrected chi connectivity index (χ4v) is 2.99. The van der Waals surface area contributed by atoms with Gasteiger partial charge in [0.1, 0.15) is 10.6 Å². The predicted molar refractivity (Wildman–Crippen MR) is 103 cm³/mol. The number of nitrogens with zero attached hydrogens (tertiary/aromatic N) is 2. The fraction of sp³-hybridized carbons (Fsp3) is 0.111. The first-order valence-corrected chi connectivity index (χ1v) is 9.04. The van der Waals surface area contributed by atoms with Gasteiger partial charge in [0, 0.05) is 23.8 Å². The summed E-state index contributed by atoms with van der Waals surface area (Å²) >= 11 is 0. The van der Waals surface area contributed by atoms with Gasteiger partial charge >= 0.3 is 0 Å². The highest BCUT2D eigenvalue weighted by Crippen LogP contribution is 2.41. The van der Waals surface area contributed by atoms with Crippen molar-refractivity contribution >= 4 is 32.3 Å². The lowest BCUT2D eigenvalue weighted by molar-refractivity contribution is 0.472. The van der Waals surface area contributed by atoms with Crippen molar-refractivity contribution < 1.29 is 18.1 Å². The van der Waals surface area contributed by atoms with Gasteiger partial charge in [-0.05, 0) is 42.7 Å². The molecule has 2 rings (SSSR count). The van der Waals surface area contributed by atoms with E-state index in [4.69, 9.17) is 0 Å². The molecule has 0 bridgehead atoms. The third-order valence-corrected chi connectivity index (χ3v) is 4.30. The molecule has 0 aliphatic carbocycles. The lowest BCUT2D eigenvalue weighted by atomic mass is 10.1. The van der Waals surface area contributed by atoms with E-state index in [-0.39, 0.29) is 11.4 Å². The average Bonchev–Trinajstić information content (AvgIpc) is 2.56. The third kappa shape index (κ3) is 4.35. The molecule has 136 valence electrons. The number of hydrogen-bond acceptors (Lipinski definition) is 6. The van der Waals surface area contributed by atoms with Crippen LogP contribution in [0.2, 0.25) is 0 Å². The number of phenolic OH excluding ortho intramolecular Hbond substituents is 1. The highest BCUT2D eigenvalue weighted by Gasteiger charge is 2.21. The number of azo groups is 1. The molecule has 2 aromatic carbocycles. The maximum absolute atomic E-state index is 11.6. The Balaban J connectivity index is 2.55. The molecule has 0 fully saturated rings. The number of allylic oxidation sites excluding steroid dienone is 4. The first kappa shape index (κ1) is 19.4. The molecule has 8 heteroatoms. The molecular formula is C18H19N3O4S. The van der Waals surface area contributed by atoms with Crippen LogP contribution in [0.4, 0.5) is 11.4 Å². The summed E-state index contributed by atoms with van der Waals surface area (Å²) in [6, 6.07) is 6.18. The van der Waals surface area contributed by atoms with Crippen LogP contribution in [-0.4, -0.2) is 25.1 Å². The lowest BCUT2D eigenvalue weighted by Crippen LogP contribution is -1.99. The maximum Gasteiger partial charge on any atom is 0.296 e.